The molecule has 2 atom stereocenters. The molecule has 0 radical (unpaired) electrons. The molecule has 0 aliphatic rings. The van der Waals surface area contributed by atoms with Crippen LogP contribution in [0.2, 0.25) is 0 Å². The van der Waals surface area contributed by atoms with Gasteiger partial charge in [0.05, 0.1) is 11.2 Å². The Kier molecular flexibility index (Phi) is 7.45. The molecular formula is C16H30O. The molecule has 1 nitrogen and oxygen atoms in total. The van der Waals surface area contributed by atoms with Crippen molar-refractivity contribution in [2.24, 2.45) is 0 Å². The standard InChI is InChI=1S/C16H30O/c1-7-13-15(9-3,10-4)17-16(11-5,12-6)14-8-2/h9,11H,3,5,7-8,10,12-14H2,1-2,4,6H3. The predicted octanol–water partition coefficient (Wildman–Crippen LogP) is 5.27. The van der Waals surface area contributed by atoms with Crippen LogP contribution in [0, 0.1) is 0 Å². The largest absolute Gasteiger partial charge is 0.360 e. The molecule has 100 valence electrons. The van der Waals surface area contributed by atoms with E-state index in [2.05, 4.69) is 40.9 Å². The highest BCUT2D eigenvalue weighted by molar-refractivity contribution is 5.04. The summed E-state index contributed by atoms with van der Waals surface area (Å²) in [6.07, 6.45) is 10.2. The van der Waals surface area contributed by atoms with Gasteiger partial charge in [0.1, 0.15) is 0 Å². The quantitative estimate of drug-likeness (QED) is 0.471. The molecule has 0 aromatic carbocycles. The first-order valence-electron chi connectivity index (χ1n) is 7.04. The number of hydrogen-bond donors (Lipinski definition) is 0. The fourth-order valence-electron chi connectivity index (χ4n) is 2.43. The normalized spacial score (nSPS) is 18.1. The Bertz CT molecular complexity index is 210. The van der Waals surface area contributed by atoms with Crippen LogP contribution >= 0.6 is 0 Å². The van der Waals surface area contributed by atoms with Crippen molar-refractivity contribution >= 4 is 0 Å². The van der Waals surface area contributed by atoms with Crippen molar-refractivity contribution in [2.45, 2.75) is 77.4 Å². The van der Waals surface area contributed by atoms with E-state index in [1.54, 1.807) is 0 Å². The van der Waals surface area contributed by atoms with Gasteiger partial charge in [0.2, 0.25) is 0 Å². The highest BCUT2D eigenvalue weighted by Gasteiger charge is 2.35. The first-order valence-corrected chi connectivity index (χ1v) is 7.04. The molecule has 0 aliphatic heterocycles. The zero-order valence-corrected chi connectivity index (χ0v) is 12.2. The van der Waals surface area contributed by atoms with Gasteiger partial charge in [-0.15, -0.1) is 13.2 Å². The summed E-state index contributed by atoms with van der Waals surface area (Å²) in [5, 5.41) is 0. The molecule has 0 rings (SSSR count). The first kappa shape index (κ1) is 16.4. The zero-order valence-electron chi connectivity index (χ0n) is 12.2. The van der Waals surface area contributed by atoms with E-state index in [9.17, 15) is 0 Å². The predicted molar refractivity (Wildman–Crippen MR) is 77.3 cm³/mol. The van der Waals surface area contributed by atoms with E-state index in [4.69, 9.17) is 4.74 Å². The van der Waals surface area contributed by atoms with Crippen molar-refractivity contribution in [1.82, 2.24) is 0 Å². The van der Waals surface area contributed by atoms with Gasteiger partial charge in [0.25, 0.3) is 0 Å². The summed E-state index contributed by atoms with van der Waals surface area (Å²) in [6, 6.07) is 0. The van der Waals surface area contributed by atoms with Gasteiger partial charge in [0.15, 0.2) is 0 Å². The average Bonchev–Trinajstić information content (AvgIpc) is 2.37. The van der Waals surface area contributed by atoms with E-state index in [0.29, 0.717) is 0 Å². The topological polar surface area (TPSA) is 9.23 Å². The number of hydrogen-bond acceptors (Lipinski definition) is 1. The Labute approximate surface area is 108 Å². The first-order chi connectivity index (χ1) is 8.07. The molecule has 0 aromatic heterocycles. The SMILES string of the molecule is C=CC(CC)(CCC)OC(C=C)(CC)CCC. The van der Waals surface area contributed by atoms with Crippen LogP contribution in [0.15, 0.2) is 25.3 Å². The molecule has 0 heterocycles. The van der Waals surface area contributed by atoms with Gasteiger partial charge >= 0.3 is 0 Å². The minimum absolute atomic E-state index is 0.186. The van der Waals surface area contributed by atoms with Crippen molar-refractivity contribution in [3.05, 3.63) is 25.3 Å². The lowest BCUT2D eigenvalue weighted by atomic mass is 9.89. The molecule has 0 aromatic rings. The van der Waals surface area contributed by atoms with Crippen LogP contribution in [0.3, 0.4) is 0 Å². The van der Waals surface area contributed by atoms with Crippen molar-refractivity contribution in [1.29, 1.82) is 0 Å². The Morgan fingerprint density at radius 1 is 0.824 bits per heavy atom. The third-order valence-electron chi connectivity index (χ3n) is 3.69. The average molecular weight is 238 g/mol. The number of rotatable bonds is 10. The summed E-state index contributed by atoms with van der Waals surface area (Å²) in [5.74, 6) is 0. The summed E-state index contributed by atoms with van der Waals surface area (Å²) < 4.78 is 6.47. The lowest BCUT2D eigenvalue weighted by molar-refractivity contribution is -0.119. The van der Waals surface area contributed by atoms with E-state index < -0.39 is 0 Å². The van der Waals surface area contributed by atoms with Crippen molar-refractivity contribution < 1.29 is 4.74 Å². The molecule has 0 aliphatic carbocycles. The Morgan fingerprint density at radius 2 is 1.18 bits per heavy atom. The summed E-state index contributed by atoms with van der Waals surface area (Å²) in [6.45, 7) is 16.7. The maximum atomic E-state index is 6.47. The Morgan fingerprint density at radius 3 is 1.35 bits per heavy atom. The van der Waals surface area contributed by atoms with Gasteiger partial charge in [0, 0.05) is 0 Å². The maximum absolute atomic E-state index is 6.47. The molecule has 17 heavy (non-hydrogen) atoms. The van der Waals surface area contributed by atoms with Crippen LogP contribution < -0.4 is 0 Å². The Hall–Kier alpha value is -0.560. The molecule has 2 unspecified atom stereocenters. The smallest absolute Gasteiger partial charge is 0.0869 e. The molecule has 0 spiro atoms. The fourth-order valence-corrected chi connectivity index (χ4v) is 2.43. The van der Waals surface area contributed by atoms with Gasteiger partial charge in [-0.1, -0.05) is 52.7 Å². The van der Waals surface area contributed by atoms with Crippen LogP contribution in [0.1, 0.15) is 66.2 Å². The van der Waals surface area contributed by atoms with Crippen LogP contribution in [0.25, 0.3) is 0 Å². The number of ether oxygens (including phenoxy) is 1. The van der Waals surface area contributed by atoms with Crippen LogP contribution in [-0.4, -0.2) is 11.2 Å². The summed E-state index contributed by atoms with van der Waals surface area (Å²) in [5.41, 5.74) is -0.373. The Balaban J connectivity index is 5.02. The van der Waals surface area contributed by atoms with E-state index in [1.165, 1.54) is 0 Å². The fraction of sp³-hybridized carbons (Fsp3) is 0.750. The van der Waals surface area contributed by atoms with Gasteiger partial charge in [-0.25, -0.2) is 0 Å². The van der Waals surface area contributed by atoms with Gasteiger partial charge in [-0.3, -0.25) is 0 Å². The molecule has 1 heteroatoms. The third-order valence-corrected chi connectivity index (χ3v) is 3.69. The molecule has 0 amide bonds. The minimum atomic E-state index is -0.186. The molecule has 0 fully saturated rings. The maximum Gasteiger partial charge on any atom is 0.0869 e. The second-order valence-corrected chi connectivity index (χ2v) is 4.85. The minimum Gasteiger partial charge on any atom is -0.360 e. The summed E-state index contributed by atoms with van der Waals surface area (Å²) >= 11 is 0. The molecule has 0 N–H and O–H groups in total. The highest BCUT2D eigenvalue weighted by Crippen LogP contribution is 2.34. The lowest BCUT2D eigenvalue weighted by Crippen LogP contribution is -2.41. The summed E-state index contributed by atoms with van der Waals surface area (Å²) in [7, 11) is 0. The molecular weight excluding hydrogens is 208 g/mol. The van der Waals surface area contributed by atoms with E-state index in [-0.39, 0.29) is 11.2 Å². The second-order valence-electron chi connectivity index (χ2n) is 4.85. The van der Waals surface area contributed by atoms with Crippen molar-refractivity contribution in [3.63, 3.8) is 0 Å². The van der Waals surface area contributed by atoms with Crippen molar-refractivity contribution in [2.75, 3.05) is 0 Å². The zero-order chi connectivity index (χ0) is 13.4. The van der Waals surface area contributed by atoms with Gasteiger partial charge < -0.3 is 4.74 Å². The van der Waals surface area contributed by atoms with Gasteiger partial charge in [-0.05, 0) is 25.7 Å². The van der Waals surface area contributed by atoms with Crippen LogP contribution in [0.4, 0.5) is 0 Å². The van der Waals surface area contributed by atoms with Crippen molar-refractivity contribution in [3.8, 4) is 0 Å². The molecule has 0 saturated heterocycles. The van der Waals surface area contributed by atoms with E-state index in [1.807, 2.05) is 12.2 Å². The third kappa shape index (κ3) is 4.31. The van der Waals surface area contributed by atoms with E-state index in [0.717, 1.165) is 38.5 Å². The van der Waals surface area contributed by atoms with Crippen LogP contribution in [0.5, 0.6) is 0 Å². The second kappa shape index (κ2) is 7.71. The lowest BCUT2D eigenvalue weighted by Gasteiger charge is -2.41. The van der Waals surface area contributed by atoms with Gasteiger partial charge in [-0.2, -0.15) is 0 Å². The highest BCUT2D eigenvalue weighted by atomic mass is 16.5. The molecule has 0 bridgehead atoms. The van der Waals surface area contributed by atoms with E-state index >= 15 is 0 Å². The molecule has 0 saturated carbocycles. The van der Waals surface area contributed by atoms with Crippen LogP contribution in [-0.2, 0) is 4.74 Å². The monoisotopic (exact) mass is 238 g/mol. The summed E-state index contributed by atoms with van der Waals surface area (Å²) in [4.78, 5) is 0.